The van der Waals surface area contributed by atoms with Gasteiger partial charge in [0, 0.05) is 24.5 Å². The number of pyridine rings is 1. The van der Waals surface area contributed by atoms with E-state index in [4.69, 9.17) is 18.8 Å². The zero-order chi connectivity index (χ0) is 26.8. The van der Waals surface area contributed by atoms with Crippen LogP contribution < -0.4 is 20.5 Å². The zero-order valence-electron chi connectivity index (χ0n) is 22.8. The Balaban J connectivity index is 1.14. The third-order valence-electron chi connectivity index (χ3n) is 7.79. The van der Waals surface area contributed by atoms with Crippen molar-refractivity contribution in [2.45, 2.75) is 58.3 Å². The average molecular weight is 516 g/mol. The van der Waals surface area contributed by atoms with E-state index < -0.39 is 7.12 Å². The summed E-state index contributed by atoms with van der Waals surface area (Å²) < 4.78 is 25.6. The number of hydrogen-bond acceptors (Lipinski definition) is 6. The van der Waals surface area contributed by atoms with E-state index in [-0.39, 0.29) is 16.8 Å². The van der Waals surface area contributed by atoms with Crippen LogP contribution >= 0.6 is 0 Å². The van der Waals surface area contributed by atoms with Gasteiger partial charge in [0.1, 0.15) is 24.7 Å². The molecule has 2 saturated heterocycles. The maximum Gasteiger partial charge on any atom is 0.494 e. The topological polar surface area (TPSA) is 62.2 Å². The summed E-state index contributed by atoms with van der Waals surface area (Å²) in [5.74, 6) is 1.34. The van der Waals surface area contributed by atoms with Crippen molar-refractivity contribution in [1.82, 2.24) is 9.47 Å². The summed E-state index contributed by atoms with van der Waals surface area (Å²) in [7, 11) is -0.391. The first-order valence-corrected chi connectivity index (χ1v) is 13.5. The number of rotatable bonds is 9. The summed E-state index contributed by atoms with van der Waals surface area (Å²) in [6.07, 6.45) is 4.30. The van der Waals surface area contributed by atoms with Crippen molar-refractivity contribution >= 4 is 12.6 Å². The molecule has 2 fully saturated rings. The Kier molecular flexibility index (Phi) is 7.66. The van der Waals surface area contributed by atoms with Crippen molar-refractivity contribution in [2.24, 2.45) is 0 Å². The number of nitrogens with zero attached hydrogens (tertiary/aromatic N) is 2. The van der Waals surface area contributed by atoms with Gasteiger partial charge in [-0.05, 0) is 95.0 Å². The van der Waals surface area contributed by atoms with Gasteiger partial charge in [-0.2, -0.15) is 0 Å². The summed E-state index contributed by atoms with van der Waals surface area (Å²) in [6, 6.07) is 18.9. The first-order chi connectivity index (χ1) is 18.2. The molecule has 8 heteroatoms. The van der Waals surface area contributed by atoms with Crippen molar-refractivity contribution in [1.29, 1.82) is 0 Å². The fourth-order valence-corrected chi connectivity index (χ4v) is 4.68. The lowest BCUT2D eigenvalue weighted by atomic mass is 9.79. The van der Waals surface area contributed by atoms with E-state index in [1.54, 1.807) is 16.8 Å². The lowest BCUT2D eigenvalue weighted by molar-refractivity contribution is 0.00578. The van der Waals surface area contributed by atoms with Crippen molar-refractivity contribution in [2.75, 3.05) is 26.2 Å². The minimum Gasteiger partial charge on any atom is -0.492 e. The predicted molar refractivity (Wildman–Crippen MR) is 150 cm³/mol. The largest absolute Gasteiger partial charge is 0.494 e. The first-order valence-electron chi connectivity index (χ1n) is 13.5. The highest BCUT2D eigenvalue weighted by atomic mass is 16.7. The molecule has 2 aromatic carbocycles. The predicted octanol–water partition coefficient (Wildman–Crippen LogP) is 4.19. The molecule has 0 saturated carbocycles. The van der Waals surface area contributed by atoms with Gasteiger partial charge in [-0.1, -0.05) is 24.3 Å². The van der Waals surface area contributed by atoms with Gasteiger partial charge in [-0.15, -0.1) is 0 Å². The Morgan fingerprint density at radius 2 is 1.50 bits per heavy atom. The lowest BCUT2D eigenvalue weighted by Crippen LogP contribution is -2.41. The van der Waals surface area contributed by atoms with Gasteiger partial charge in [0.2, 0.25) is 0 Å². The smallest absolute Gasteiger partial charge is 0.492 e. The Morgan fingerprint density at radius 1 is 0.842 bits per heavy atom. The fourth-order valence-electron chi connectivity index (χ4n) is 4.68. The van der Waals surface area contributed by atoms with E-state index in [1.807, 2.05) is 76.2 Å². The number of aromatic nitrogens is 1. The Morgan fingerprint density at radius 3 is 2.13 bits per heavy atom. The van der Waals surface area contributed by atoms with Crippen LogP contribution in [-0.4, -0.2) is 54.0 Å². The van der Waals surface area contributed by atoms with Crippen molar-refractivity contribution in [3.63, 3.8) is 0 Å². The summed E-state index contributed by atoms with van der Waals surface area (Å²) in [4.78, 5) is 15.2. The molecule has 38 heavy (non-hydrogen) atoms. The van der Waals surface area contributed by atoms with Crippen LogP contribution in [-0.2, 0) is 15.9 Å². The van der Waals surface area contributed by atoms with Gasteiger partial charge < -0.3 is 18.8 Å². The Bertz CT molecular complexity index is 1270. The van der Waals surface area contributed by atoms with Crippen molar-refractivity contribution in [3.8, 4) is 17.2 Å². The van der Waals surface area contributed by atoms with Gasteiger partial charge in [-0.3, -0.25) is 14.3 Å². The summed E-state index contributed by atoms with van der Waals surface area (Å²) in [6.45, 7) is 12.5. The molecule has 2 aliphatic heterocycles. The number of ether oxygens (including phenoxy) is 2. The van der Waals surface area contributed by atoms with Crippen LogP contribution in [0, 0.1) is 0 Å². The van der Waals surface area contributed by atoms with E-state index in [1.165, 1.54) is 32.0 Å². The molecule has 0 unspecified atom stereocenters. The highest BCUT2D eigenvalue weighted by molar-refractivity contribution is 6.62. The molecule has 0 bridgehead atoms. The van der Waals surface area contributed by atoms with Crippen molar-refractivity contribution < 1.29 is 18.8 Å². The van der Waals surface area contributed by atoms with Crippen LogP contribution in [0.4, 0.5) is 0 Å². The Hall–Kier alpha value is -3.07. The standard InChI is InChI=1S/C30H37BN2O5/c1-29(2)30(3,4)38-31(37-29)24-9-7-23(8-10-24)22-36-27-15-18-33(28(34)21-27)25-11-13-26(14-12-25)35-20-19-32-16-5-6-17-32/h7-15,18,21H,5-6,16-17,19-20,22H2,1-4H3. The highest BCUT2D eigenvalue weighted by Gasteiger charge is 2.51. The SMILES string of the molecule is CC1(C)OB(c2ccc(COc3ccn(-c4ccc(OCCN5CCCC5)cc4)c(=O)c3)cc2)OC1(C)C. The van der Waals surface area contributed by atoms with Gasteiger partial charge in [0.15, 0.2) is 0 Å². The van der Waals surface area contributed by atoms with Crippen LogP contribution in [0.3, 0.4) is 0 Å². The third-order valence-corrected chi connectivity index (χ3v) is 7.79. The van der Waals surface area contributed by atoms with E-state index in [2.05, 4.69) is 4.90 Å². The second-order valence-corrected chi connectivity index (χ2v) is 11.1. The average Bonchev–Trinajstić information content (AvgIpc) is 3.48. The Labute approximate surface area is 225 Å². The number of benzene rings is 2. The second kappa shape index (κ2) is 11.0. The van der Waals surface area contributed by atoms with E-state index in [9.17, 15) is 4.79 Å². The van der Waals surface area contributed by atoms with Gasteiger partial charge in [0.25, 0.3) is 5.56 Å². The normalized spacial score (nSPS) is 18.6. The van der Waals surface area contributed by atoms with E-state index >= 15 is 0 Å². The van der Waals surface area contributed by atoms with Crippen molar-refractivity contribution in [3.05, 3.63) is 82.8 Å². The summed E-state index contributed by atoms with van der Waals surface area (Å²) >= 11 is 0. The molecule has 200 valence electrons. The molecule has 0 atom stereocenters. The van der Waals surface area contributed by atoms with Crippen LogP contribution in [0.5, 0.6) is 11.5 Å². The first kappa shape index (κ1) is 26.5. The molecule has 0 N–H and O–H groups in total. The molecule has 3 aromatic rings. The van der Waals surface area contributed by atoms with Gasteiger partial charge in [0.05, 0.1) is 11.2 Å². The molecule has 2 aliphatic rings. The minimum absolute atomic E-state index is 0.152. The van der Waals surface area contributed by atoms with Crippen LogP contribution in [0.2, 0.25) is 0 Å². The molecular weight excluding hydrogens is 479 g/mol. The molecule has 0 amide bonds. The molecule has 0 spiro atoms. The monoisotopic (exact) mass is 516 g/mol. The second-order valence-electron chi connectivity index (χ2n) is 11.1. The van der Waals surface area contributed by atoms with Crippen LogP contribution in [0.15, 0.2) is 71.7 Å². The van der Waals surface area contributed by atoms with E-state index in [0.29, 0.717) is 19.0 Å². The van der Waals surface area contributed by atoms with Gasteiger partial charge in [-0.25, -0.2) is 0 Å². The fraction of sp³-hybridized carbons (Fsp3) is 0.433. The summed E-state index contributed by atoms with van der Waals surface area (Å²) in [5.41, 5.74) is 1.85. The molecule has 5 rings (SSSR count). The molecular formula is C30H37BN2O5. The quantitative estimate of drug-likeness (QED) is 0.398. The third kappa shape index (κ3) is 5.98. The maximum atomic E-state index is 12.8. The molecule has 1 aromatic heterocycles. The molecule has 0 aliphatic carbocycles. The minimum atomic E-state index is -0.391. The van der Waals surface area contributed by atoms with Crippen LogP contribution in [0.1, 0.15) is 46.1 Å². The zero-order valence-corrected chi connectivity index (χ0v) is 22.8. The number of hydrogen-bond donors (Lipinski definition) is 0. The van der Waals surface area contributed by atoms with Gasteiger partial charge >= 0.3 is 7.12 Å². The summed E-state index contributed by atoms with van der Waals surface area (Å²) in [5, 5.41) is 0. The molecule has 7 nitrogen and oxygen atoms in total. The highest BCUT2D eigenvalue weighted by Crippen LogP contribution is 2.36. The maximum absolute atomic E-state index is 12.8. The van der Waals surface area contributed by atoms with E-state index in [0.717, 1.165) is 29.0 Å². The van der Waals surface area contributed by atoms with Crippen LogP contribution in [0.25, 0.3) is 5.69 Å². The molecule has 3 heterocycles. The number of likely N-dealkylation sites (tertiary alicyclic amines) is 1. The molecule has 0 radical (unpaired) electrons. The lowest BCUT2D eigenvalue weighted by Gasteiger charge is -2.32.